The zero-order valence-electron chi connectivity index (χ0n) is 30.7. The van der Waals surface area contributed by atoms with Gasteiger partial charge in [0.15, 0.2) is 17.5 Å². The maximum atomic E-state index is 6.82. The Morgan fingerprint density at radius 1 is 0.316 bits per heavy atom. The van der Waals surface area contributed by atoms with E-state index in [0.29, 0.717) is 17.5 Å². The molecule has 0 saturated heterocycles. The third-order valence-electron chi connectivity index (χ3n) is 10.7. The first-order valence-electron chi connectivity index (χ1n) is 19.1. The second kappa shape index (κ2) is 13.5. The molecule has 0 atom stereocenters. The van der Waals surface area contributed by atoms with E-state index in [0.717, 1.165) is 93.8 Å². The quantitative estimate of drug-likeness (QED) is 0.160. The van der Waals surface area contributed by atoms with Gasteiger partial charge in [-0.15, -0.1) is 0 Å². The summed E-state index contributed by atoms with van der Waals surface area (Å²) in [4.78, 5) is 20.0. The summed E-state index contributed by atoms with van der Waals surface area (Å²) in [6.45, 7) is 0. The van der Waals surface area contributed by atoms with E-state index in [9.17, 15) is 0 Å². The molecule has 0 saturated carbocycles. The minimum Gasteiger partial charge on any atom is -0.455 e. The number of para-hydroxylation sites is 2. The van der Waals surface area contributed by atoms with Gasteiger partial charge in [-0.3, -0.25) is 0 Å². The number of benzene rings is 8. The molecule has 0 aliphatic carbocycles. The van der Waals surface area contributed by atoms with Crippen molar-refractivity contribution in [1.29, 1.82) is 0 Å². The average Bonchev–Trinajstić information content (AvgIpc) is 3.69. The number of nitrogens with zero attached hydrogens (tertiary/aromatic N) is 4. The maximum Gasteiger partial charge on any atom is 0.164 e. The molecule has 57 heavy (non-hydrogen) atoms. The van der Waals surface area contributed by atoms with Crippen LogP contribution in [0.4, 0.5) is 0 Å². The van der Waals surface area contributed by atoms with Crippen LogP contribution in [0, 0.1) is 0 Å². The summed E-state index contributed by atoms with van der Waals surface area (Å²) < 4.78 is 6.82. The number of aromatic nitrogens is 4. The van der Waals surface area contributed by atoms with Gasteiger partial charge >= 0.3 is 0 Å². The topological polar surface area (TPSA) is 64.7 Å². The molecule has 0 fully saturated rings. The predicted molar refractivity (Wildman–Crippen MR) is 233 cm³/mol. The number of pyridine rings is 1. The van der Waals surface area contributed by atoms with Crippen molar-refractivity contribution < 1.29 is 4.42 Å². The molecule has 0 unspecified atom stereocenters. The highest BCUT2D eigenvalue weighted by Crippen LogP contribution is 2.44. The van der Waals surface area contributed by atoms with Crippen LogP contribution in [0.25, 0.3) is 111 Å². The molecular weight excluding hydrogens is 697 g/mol. The van der Waals surface area contributed by atoms with Crippen molar-refractivity contribution in [3.8, 4) is 67.7 Å². The van der Waals surface area contributed by atoms with E-state index in [4.69, 9.17) is 24.4 Å². The molecule has 11 rings (SSSR count). The van der Waals surface area contributed by atoms with Crippen LogP contribution in [0.5, 0.6) is 0 Å². The largest absolute Gasteiger partial charge is 0.455 e. The molecule has 3 heterocycles. The molecular formula is C52H32N4O. The van der Waals surface area contributed by atoms with E-state index in [1.807, 2.05) is 66.7 Å². The number of furan rings is 1. The van der Waals surface area contributed by atoms with Crippen molar-refractivity contribution in [2.45, 2.75) is 0 Å². The lowest BCUT2D eigenvalue weighted by Crippen LogP contribution is -2.00. The molecule has 8 aromatic carbocycles. The van der Waals surface area contributed by atoms with Crippen molar-refractivity contribution in [3.63, 3.8) is 0 Å². The number of fused-ring (bicyclic) bond motifs is 7. The van der Waals surface area contributed by atoms with Gasteiger partial charge in [-0.05, 0) is 47.0 Å². The van der Waals surface area contributed by atoms with Gasteiger partial charge in [0.05, 0.1) is 11.2 Å². The van der Waals surface area contributed by atoms with E-state index in [1.54, 1.807) is 0 Å². The van der Waals surface area contributed by atoms with E-state index in [2.05, 4.69) is 127 Å². The molecule has 0 radical (unpaired) electrons. The molecule has 0 N–H and O–H groups in total. The third kappa shape index (κ3) is 5.72. The van der Waals surface area contributed by atoms with Crippen molar-refractivity contribution >= 4 is 43.6 Å². The van der Waals surface area contributed by atoms with E-state index in [1.165, 1.54) is 0 Å². The summed E-state index contributed by atoms with van der Waals surface area (Å²) in [5.74, 6) is 1.90. The lowest BCUT2D eigenvalue weighted by Gasteiger charge is -2.11. The normalized spacial score (nSPS) is 11.5. The van der Waals surface area contributed by atoms with Crippen LogP contribution >= 0.6 is 0 Å². The van der Waals surface area contributed by atoms with Gasteiger partial charge in [-0.1, -0.05) is 164 Å². The van der Waals surface area contributed by atoms with Gasteiger partial charge in [-0.2, -0.15) is 0 Å². The summed E-state index contributed by atoms with van der Waals surface area (Å²) >= 11 is 0. The fraction of sp³-hybridized carbons (Fsp3) is 0. The summed E-state index contributed by atoms with van der Waals surface area (Å²) in [7, 11) is 0. The van der Waals surface area contributed by atoms with Crippen molar-refractivity contribution in [2.75, 3.05) is 0 Å². The summed E-state index contributed by atoms with van der Waals surface area (Å²) in [5.41, 5.74) is 11.8. The van der Waals surface area contributed by atoms with Crippen molar-refractivity contribution in [2.24, 2.45) is 0 Å². The SMILES string of the molecule is c1ccc(-c2nc(-c3ccccc3)nc(-c3cccc(-c4cccc(-c5cccc6c5oc5ccc7c(-c8ccccc8)nc8ccccc8c7c56)c4)c3)n2)cc1. The Morgan fingerprint density at radius 3 is 1.51 bits per heavy atom. The lowest BCUT2D eigenvalue weighted by molar-refractivity contribution is 0.670. The minimum absolute atomic E-state index is 0.623. The van der Waals surface area contributed by atoms with E-state index in [-0.39, 0.29) is 0 Å². The Bertz CT molecular complexity index is 3230. The fourth-order valence-corrected chi connectivity index (χ4v) is 8.02. The first kappa shape index (κ1) is 32.7. The van der Waals surface area contributed by atoms with Crippen molar-refractivity contribution in [1.82, 2.24) is 19.9 Å². The van der Waals surface area contributed by atoms with E-state index >= 15 is 0 Å². The molecule has 5 nitrogen and oxygen atoms in total. The van der Waals surface area contributed by atoms with Crippen LogP contribution in [-0.4, -0.2) is 19.9 Å². The minimum atomic E-state index is 0.623. The number of hydrogen-bond acceptors (Lipinski definition) is 5. The fourth-order valence-electron chi connectivity index (χ4n) is 8.02. The Morgan fingerprint density at radius 2 is 0.825 bits per heavy atom. The van der Waals surface area contributed by atoms with Gasteiger partial charge in [0.25, 0.3) is 0 Å². The first-order chi connectivity index (χ1) is 28.2. The van der Waals surface area contributed by atoms with Crippen LogP contribution in [0.3, 0.4) is 0 Å². The first-order valence-corrected chi connectivity index (χ1v) is 19.1. The Balaban J connectivity index is 1.04. The van der Waals surface area contributed by atoms with Crippen LogP contribution in [0.1, 0.15) is 0 Å². The van der Waals surface area contributed by atoms with Gasteiger partial charge in [-0.25, -0.2) is 19.9 Å². The van der Waals surface area contributed by atoms with Gasteiger partial charge in [0.2, 0.25) is 0 Å². The Labute approximate surface area is 328 Å². The standard InChI is InChI=1S/C52H32N4O/c1-4-15-33(16-5-1)48-42-29-30-45-47(46(42)41-25-10-11-28-44(41)53-48)43-27-14-26-40(49(43)57-45)38-23-12-21-36(31-38)37-22-13-24-39(32-37)52-55-50(34-17-6-2-7-18-34)54-51(56-52)35-19-8-3-9-20-35/h1-32H. The zero-order chi connectivity index (χ0) is 37.7. The highest BCUT2D eigenvalue weighted by atomic mass is 16.3. The lowest BCUT2D eigenvalue weighted by atomic mass is 9.94. The second-order valence-corrected chi connectivity index (χ2v) is 14.2. The van der Waals surface area contributed by atoms with Gasteiger partial charge in [0, 0.05) is 54.7 Å². The average molecular weight is 729 g/mol. The molecule has 5 heteroatoms. The monoisotopic (exact) mass is 728 g/mol. The number of hydrogen-bond donors (Lipinski definition) is 0. The zero-order valence-corrected chi connectivity index (χ0v) is 30.7. The molecule has 0 spiro atoms. The van der Waals surface area contributed by atoms with Crippen LogP contribution in [0.15, 0.2) is 199 Å². The highest BCUT2D eigenvalue weighted by Gasteiger charge is 2.20. The molecule has 3 aromatic heterocycles. The summed E-state index contributed by atoms with van der Waals surface area (Å²) in [5, 5.41) is 5.55. The molecule has 0 aliphatic heterocycles. The molecule has 266 valence electrons. The smallest absolute Gasteiger partial charge is 0.164 e. The van der Waals surface area contributed by atoms with E-state index < -0.39 is 0 Å². The molecule has 11 aromatic rings. The van der Waals surface area contributed by atoms with Gasteiger partial charge in [0.1, 0.15) is 11.2 Å². The highest BCUT2D eigenvalue weighted by molar-refractivity contribution is 6.29. The third-order valence-corrected chi connectivity index (χ3v) is 10.7. The van der Waals surface area contributed by atoms with Crippen LogP contribution in [-0.2, 0) is 0 Å². The maximum absolute atomic E-state index is 6.82. The summed E-state index contributed by atoms with van der Waals surface area (Å²) in [6, 6.07) is 66.8. The Kier molecular flexibility index (Phi) is 7.74. The van der Waals surface area contributed by atoms with Gasteiger partial charge < -0.3 is 4.42 Å². The van der Waals surface area contributed by atoms with Crippen molar-refractivity contribution in [3.05, 3.63) is 194 Å². The predicted octanol–water partition coefficient (Wildman–Crippen LogP) is 13.5. The Hall–Kier alpha value is -7.76. The summed E-state index contributed by atoms with van der Waals surface area (Å²) in [6.07, 6.45) is 0. The molecule has 0 bridgehead atoms. The van der Waals surface area contributed by atoms with Crippen LogP contribution in [0.2, 0.25) is 0 Å². The molecule has 0 aliphatic rings. The molecule has 0 amide bonds. The van der Waals surface area contributed by atoms with Crippen LogP contribution < -0.4 is 0 Å². The number of rotatable bonds is 6. The second-order valence-electron chi connectivity index (χ2n) is 14.2.